The number of aromatic amines is 2. The van der Waals surface area contributed by atoms with Crippen LogP contribution in [-0.2, 0) is 19.1 Å². The lowest BCUT2D eigenvalue weighted by atomic mass is 10.0. The SMILES string of the molecule is COC(=O)N[C@H](C(=O)N1CCC[C@H]1c1nc2cnc3cc(-c4cc5cnc6nc([C@@H]7CCCN7C(=O)[C@@H](NC(=O)OC)C(C)C)[nH]c6c5cn4)ccc3c2[nH]1)C(C)C. The molecule has 58 heavy (non-hydrogen) atoms. The first-order chi connectivity index (χ1) is 27.9. The number of pyridine rings is 3. The monoisotopic (exact) mass is 789 g/mol. The Hall–Kier alpha value is -6.39. The number of amides is 4. The van der Waals surface area contributed by atoms with Gasteiger partial charge in [-0.1, -0.05) is 33.8 Å². The number of aromatic nitrogens is 7. The molecule has 4 atom stereocenters. The molecule has 2 saturated heterocycles. The maximum atomic E-state index is 13.7. The van der Waals surface area contributed by atoms with Gasteiger partial charge in [-0.3, -0.25) is 19.6 Å². The first-order valence-corrected chi connectivity index (χ1v) is 19.7. The van der Waals surface area contributed by atoms with Crippen molar-refractivity contribution in [1.82, 2.24) is 55.3 Å². The molecular weight excluding hydrogens is 743 g/mol. The smallest absolute Gasteiger partial charge is 0.407 e. The third-order valence-electron chi connectivity index (χ3n) is 11.4. The van der Waals surface area contributed by atoms with E-state index in [1.165, 1.54) is 14.2 Å². The maximum Gasteiger partial charge on any atom is 0.407 e. The zero-order valence-corrected chi connectivity index (χ0v) is 33.3. The van der Waals surface area contributed by atoms with Crippen LogP contribution in [-0.4, -0.2) is 108 Å². The molecule has 0 aliphatic carbocycles. The highest BCUT2D eigenvalue weighted by atomic mass is 16.5. The third kappa shape index (κ3) is 6.98. The molecule has 2 aliphatic rings. The van der Waals surface area contributed by atoms with Crippen LogP contribution in [0.3, 0.4) is 0 Å². The van der Waals surface area contributed by atoms with Crippen LogP contribution in [0.5, 0.6) is 0 Å². The molecule has 0 radical (unpaired) electrons. The molecule has 2 aliphatic heterocycles. The Morgan fingerprint density at radius 1 is 0.707 bits per heavy atom. The fourth-order valence-corrected chi connectivity index (χ4v) is 8.28. The number of hydrogen-bond donors (Lipinski definition) is 4. The van der Waals surface area contributed by atoms with E-state index in [2.05, 4.69) is 25.6 Å². The summed E-state index contributed by atoms with van der Waals surface area (Å²) in [4.78, 5) is 85.9. The van der Waals surface area contributed by atoms with E-state index in [1.54, 1.807) is 22.2 Å². The van der Waals surface area contributed by atoms with Crippen molar-refractivity contribution in [2.75, 3.05) is 27.3 Å². The van der Waals surface area contributed by atoms with E-state index in [-0.39, 0.29) is 35.7 Å². The number of carbonyl (C=O) groups excluding carboxylic acids is 4. The van der Waals surface area contributed by atoms with Crippen molar-refractivity contribution in [2.45, 2.75) is 77.5 Å². The Morgan fingerprint density at radius 3 is 1.91 bits per heavy atom. The van der Waals surface area contributed by atoms with Gasteiger partial charge in [0, 0.05) is 47.2 Å². The molecule has 4 amide bonds. The van der Waals surface area contributed by atoms with E-state index in [0.717, 1.165) is 69.6 Å². The number of fused-ring (bicyclic) bond motifs is 6. The van der Waals surface area contributed by atoms with E-state index >= 15 is 0 Å². The molecule has 6 aromatic rings. The molecule has 17 heteroatoms. The number of nitrogens with one attached hydrogen (secondary N) is 4. The molecule has 0 bridgehead atoms. The molecule has 5 aromatic heterocycles. The fourth-order valence-electron chi connectivity index (χ4n) is 8.28. The van der Waals surface area contributed by atoms with Crippen molar-refractivity contribution in [1.29, 1.82) is 0 Å². The van der Waals surface area contributed by atoms with Gasteiger partial charge in [0.15, 0.2) is 5.65 Å². The zero-order chi connectivity index (χ0) is 40.8. The molecule has 0 saturated carbocycles. The van der Waals surface area contributed by atoms with Gasteiger partial charge in [-0.25, -0.2) is 24.5 Å². The van der Waals surface area contributed by atoms with Gasteiger partial charge >= 0.3 is 12.2 Å². The number of hydrogen-bond acceptors (Lipinski definition) is 11. The van der Waals surface area contributed by atoms with Crippen molar-refractivity contribution < 1.29 is 28.7 Å². The van der Waals surface area contributed by atoms with Crippen molar-refractivity contribution >= 4 is 67.9 Å². The van der Waals surface area contributed by atoms with Crippen LogP contribution in [0.1, 0.15) is 77.1 Å². The predicted molar refractivity (Wildman–Crippen MR) is 215 cm³/mol. The van der Waals surface area contributed by atoms with Crippen molar-refractivity contribution in [2.24, 2.45) is 11.8 Å². The lowest BCUT2D eigenvalue weighted by molar-refractivity contribution is -0.136. The normalized spacial score (nSPS) is 18.1. The van der Waals surface area contributed by atoms with Crippen molar-refractivity contribution in [3.63, 3.8) is 0 Å². The number of benzene rings is 1. The second kappa shape index (κ2) is 15.5. The first kappa shape index (κ1) is 38.5. The molecule has 0 unspecified atom stereocenters. The summed E-state index contributed by atoms with van der Waals surface area (Å²) in [6.07, 6.45) is 7.13. The van der Waals surface area contributed by atoms with Gasteiger partial charge in [0.25, 0.3) is 0 Å². The topological polar surface area (TPSA) is 213 Å². The highest BCUT2D eigenvalue weighted by Gasteiger charge is 2.39. The average molecular weight is 790 g/mol. The number of rotatable bonds is 9. The lowest BCUT2D eigenvalue weighted by Gasteiger charge is -2.29. The van der Waals surface area contributed by atoms with Crippen molar-refractivity contribution in [3.05, 3.63) is 54.5 Å². The van der Waals surface area contributed by atoms with E-state index in [9.17, 15) is 19.2 Å². The average Bonchev–Trinajstić information content (AvgIpc) is 4.06. The van der Waals surface area contributed by atoms with E-state index in [1.807, 2.05) is 58.2 Å². The summed E-state index contributed by atoms with van der Waals surface area (Å²) in [5.74, 6) is 0.710. The van der Waals surface area contributed by atoms with Crippen LogP contribution in [0.4, 0.5) is 9.59 Å². The second-order valence-corrected chi connectivity index (χ2v) is 15.7. The standard InChI is InChI=1S/C41H47N11O6/c1-20(2)31(48-40(55)57-5)38(53)51-13-7-9-29(51)35-45-28-19-43-27-15-22(11-12-24(27)33(28)46-35)26-16-23-17-44-37-34(25(23)18-42-26)47-36(50-37)30-10-8-14-52(30)39(54)32(21(3)4)49-41(56)58-6/h11-12,15-21,29-32H,7-10,13-14H2,1-6H3,(H,45,46)(H,48,55)(H,49,56)(H,44,47,50)/t29-,30-,31-,32-/m0/s1. The Bertz CT molecular complexity index is 2390. The summed E-state index contributed by atoms with van der Waals surface area (Å²) in [6.45, 7) is 8.67. The van der Waals surface area contributed by atoms with Crippen LogP contribution in [0.2, 0.25) is 0 Å². The fraction of sp³-hybridized carbons (Fsp3) is 0.439. The summed E-state index contributed by atoms with van der Waals surface area (Å²) in [6, 6.07) is 5.97. The van der Waals surface area contributed by atoms with E-state index < -0.39 is 24.3 Å². The minimum Gasteiger partial charge on any atom is -0.453 e. The second-order valence-electron chi connectivity index (χ2n) is 15.7. The molecular formula is C41H47N11O6. The van der Waals surface area contributed by atoms with Gasteiger partial charge in [0.2, 0.25) is 11.8 Å². The largest absolute Gasteiger partial charge is 0.453 e. The number of likely N-dealkylation sites (tertiary alicyclic amines) is 2. The molecule has 4 N–H and O–H groups in total. The van der Waals surface area contributed by atoms with Gasteiger partial charge in [-0.05, 0) is 55.7 Å². The van der Waals surface area contributed by atoms with Gasteiger partial charge in [0.05, 0.1) is 54.7 Å². The maximum absolute atomic E-state index is 13.7. The van der Waals surface area contributed by atoms with Crippen LogP contribution >= 0.6 is 0 Å². The molecule has 1 aromatic carbocycles. The van der Waals surface area contributed by atoms with Crippen LogP contribution in [0, 0.1) is 11.8 Å². The molecule has 8 rings (SSSR count). The Balaban J connectivity index is 1.05. The van der Waals surface area contributed by atoms with Gasteiger partial charge in [-0.2, -0.15) is 0 Å². The van der Waals surface area contributed by atoms with Gasteiger partial charge in [-0.15, -0.1) is 0 Å². The minimum absolute atomic E-state index is 0.131. The summed E-state index contributed by atoms with van der Waals surface area (Å²) in [5, 5.41) is 8.00. The quantitative estimate of drug-likeness (QED) is 0.140. The van der Waals surface area contributed by atoms with Crippen LogP contribution in [0.15, 0.2) is 42.9 Å². The summed E-state index contributed by atoms with van der Waals surface area (Å²) >= 11 is 0. The van der Waals surface area contributed by atoms with E-state index in [4.69, 9.17) is 29.4 Å². The van der Waals surface area contributed by atoms with Crippen LogP contribution < -0.4 is 10.6 Å². The summed E-state index contributed by atoms with van der Waals surface area (Å²) < 4.78 is 9.55. The number of methoxy groups -OCH3 is 2. The summed E-state index contributed by atoms with van der Waals surface area (Å²) in [7, 11) is 2.56. The Labute approximate surface area is 333 Å². The number of alkyl carbamates (subject to hydrolysis) is 2. The Kier molecular flexibility index (Phi) is 10.3. The Morgan fingerprint density at radius 2 is 1.31 bits per heavy atom. The predicted octanol–water partition coefficient (Wildman–Crippen LogP) is 5.69. The highest BCUT2D eigenvalue weighted by molar-refractivity contribution is 6.05. The number of imidazole rings is 2. The zero-order valence-electron chi connectivity index (χ0n) is 33.3. The number of nitrogens with zero attached hydrogens (tertiary/aromatic N) is 7. The summed E-state index contributed by atoms with van der Waals surface area (Å²) in [5.41, 5.74) is 5.17. The van der Waals surface area contributed by atoms with Gasteiger partial charge < -0.3 is 39.9 Å². The number of carbonyl (C=O) groups is 4. The molecule has 302 valence electrons. The van der Waals surface area contributed by atoms with E-state index in [0.29, 0.717) is 35.9 Å². The van der Waals surface area contributed by atoms with Crippen LogP contribution in [0.25, 0.3) is 55.1 Å². The minimum atomic E-state index is -0.727. The van der Waals surface area contributed by atoms with Gasteiger partial charge in [0.1, 0.15) is 29.2 Å². The molecule has 2 fully saturated rings. The molecule has 0 spiro atoms. The molecule has 7 heterocycles. The number of ether oxygens (including phenoxy) is 2. The third-order valence-corrected chi connectivity index (χ3v) is 11.4. The highest BCUT2D eigenvalue weighted by Crippen LogP contribution is 2.36. The molecule has 17 nitrogen and oxygen atoms in total. The lowest BCUT2D eigenvalue weighted by Crippen LogP contribution is -2.51. The number of H-pyrrole nitrogens is 2. The first-order valence-electron chi connectivity index (χ1n) is 19.7. The van der Waals surface area contributed by atoms with Crippen molar-refractivity contribution in [3.8, 4) is 11.3 Å².